The molecule has 2 aliphatic rings. The topological polar surface area (TPSA) is 109 Å². The van der Waals surface area contributed by atoms with Crippen molar-refractivity contribution in [3.8, 4) is 11.3 Å². The molecule has 0 aliphatic carbocycles. The van der Waals surface area contributed by atoms with Crippen LogP contribution in [0.3, 0.4) is 0 Å². The van der Waals surface area contributed by atoms with Gasteiger partial charge >= 0.3 is 7.12 Å². The lowest BCUT2D eigenvalue weighted by Crippen LogP contribution is -2.40. The van der Waals surface area contributed by atoms with Crippen molar-refractivity contribution in [1.82, 2.24) is 4.98 Å². The van der Waals surface area contributed by atoms with Crippen LogP contribution in [0.5, 0.6) is 0 Å². The summed E-state index contributed by atoms with van der Waals surface area (Å²) >= 11 is 6.27. The summed E-state index contributed by atoms with van der Waals surface area (Å²) in [5.41, 5.74) is 4.50. The van der Waals surface area contributed by atoms with Gasteiger partial charge in [0.05, 0.1) is 47.8 Å². The monoisotopic (exact) mass is 576 g/mol. The summed E-state index contributed by atoms with van der Waals surface area (Å²) in [6, 6.07) is 9.84. The third-order valence-corrected chi connectivity index (χ3v) is 7.61. The number of hydrogen-bond donors (Lipinski definition) is 2. The minimum Gasteiger partial charge on any atom is -0.440 e. The molecular weight excluding hydrogens is 550 g/mol. The second kappa shape index (κ2) is 10.8. The average Bonchev–Trinajstić information content (AvgIpc) is 2.96. The summed E-state index contributed by atoms with van der Waals surface area (Å²) in [7, 11) is -1.50. The van der Waals surface area contributed by atoms with Crippen molar-refractivity contribution in [2.24, 2.45) is 5.16 Å². The first-order valence-corrected chi connectivity index (χ1v) is 13.6. The van der Waals surface area contributed by atoms with Crippen LogP contribution in [-0.2, 0) is 9.49 Å². The smallest absolute Gasteiger partial charge is 0.440 e. The van der Waals surface area contributed by atoms with Gasteiger partial charge in [-0.05, 0) is 56.7 Å². The van der Waals surface area contributed by atoms with Crippen LogP contribution >= 0.6 is 11.6 Å². The number of halogens is 2. The molecular formula is C29H27BClFN4O5. The van der Waals surface area contributed by atoms with Gasteiger partial charge in [-0.25, -0.2) is 9.37 Å². The Morgan fingerprint density at radius 3 is 2.73 bits per heavy atom. The Morgan fingerprint density at radius 1 is 1.17 bits per heavy atom. The molecule has 1 atom stereocenters. The van der Waals surface area contributed by atoms with E-state index in [-0.39, 0.29) is 22.1 Å². The zero-order chi connectivity index (χ0) is 28.8. The zero-order valence-electron chi connectivity index (χ0n) is 22.7. The second-order valence-electron chi connectivity index (χ2n) is 10.2. The van der Waals surface area contributed by atoms with E-state index in [0.29, 0.717) is 71.2 Å². The van der Waals surface area contributed by atoms with Crippen LogP contribution in [0, 0.1) is 19.7 Å². The molecule has 0 saturated carbocycles. The van der Waals surface area contributed by atoms with Crippen LogP contribution in [0.1, 0.15) is 35.2 Å². The van der Waals surface area contributed by atoms with E-state index in [1.165, 1.54) is 12.3 Å². The van der Waals surface area contributed by atoms with Gasteiger partial charge in [0, 0.05) is 35.2 Å². The van der Waals surface area contributed by atoms with E-state index in [0.717, 1.165) is 11.1 Å². The molecule has 0 amide bonds. The maximum Gasteiger partial charge on any atom is 0.586 e. The van der Waals surface area contributed by atoms with Gasteiger partial charge in [0.2, 0.25) is 5.88 Å². The van der Waals surface area contributed by atoms with Gasteiger partial charge < -0.3 is 29.1 Å². The van der Waals surface area contributed by atoms with Gasteiger partial charge in [-0.1, -0.05) is 17.7 Å². The van der Waals surface area contributed by atoms with Gasteiger partial charge in [-0.2, -0.15) is 0 Å². The van der Waals surface area contributed by atoms with Crippen LogP contribution in [0.4, 0.5) is 16.0 Å². The van der Waals surface area contributed by atoms with Crippen molar-refractivity contribution in [3.63, 3.8) is 0 Å². The van der Waals surface area contributed by atoms with Crippen molar-refractivity contribution in [2.45, 2.75) is 26.8 Å². The SMILES string of the molecule is Cc1cc(C(C)Nc2ccc(Cl)nc2-c2cc(F)c3c(c2)C=NOB3O)c2oc(N3CCOCC3)c(C)c(=O)c2c1. The summed E-state index contributed by atoms with van der Waals surface area (Å²) in [5, 5.41) is 17.9. The molecule has 4 aromatic rings. The molecule has 6 rings (SSSR count). The maximum atomic E-state index is 15.1. The number of hydrogen-bond acceptors (Lipinski definition) is 9. The minimum atomic E-state index is -1.50. The van der Waals surface area contributed by atoms with E-state index >= 15 is 4.39 Å². The first-order valence-electron chi connectivity index (χ1n) is 13.3. The van der Waals surface area contributed by atoms with E-state index in [1.54, 1.807) is 25.1 Å². The number of nitrogens with one attached hydrogen (secondary N) is 1. The molecule has 210 valence electrons. The number of rotatable bonds is 5. The number of benzene rings is 2. The number of nitrogens with zero attached hydrogens (tertiary/aromatic N) is 3. The Kier molecular flexibility index (Phi) is 7.19. The predicted octanol–water partition coefficient (Wildman–Crippen LogP) is 4.33. The number of aryl methyl sites for hydroxylation is 1. The fourth-order valence-electron chi connectivity index (χ4n) is 5.37. The van der Waals surface area contributed by atoms with Crippen LogP contribution in [-0.4, -0.2) is 49.6 Å². The molecule has 2 aliphatic heterocycles. The quantitative estimate of drug-likeness (QED) is 0.267. The van der Waals surface area contributed by atoms with Gasteiger partial charge in [-0.3, -0.25) is 4.79 Å². The average molecular weight is 577 g/mol. The van der Waals surface area contributed by atoms with Crippen molar-refractivity contribution in [2.75, 3.05) is 36.5 Å². The minimum absolute atomic E-state index is 0.00119. The third kappa shape index (κ3) is 5.05. The fraction of sp³-hybridized carbons (Fsp3) is 0.276. The molecule has 41 heavy (non-hydrogen) atoms. The molecule has 1 fully saturated rings. The highest BCUT2D eigenvalue weighted by Crippen LogP contribution is 2.35. The Labute approximate surface area is 240 Å². The highest BCUT2D eigenvalue weighted by molar-refractivity contribution is 6.62. The van der Waals surface area contributed by atoms with E-state index in [4.69, 9.17) is 25.5 Å². The molecule has 0 radical (unpaired) electrons. The molecule has 1 unspecified atom stereocenters. The van der Waals surface area contributed by atoms with Crippen molar-refractivity contribution in [3.05, 3.63) is 79.8 Å². The number of anilines is 2. The Morgan fingerprint density at radius 2 is 1.95 bits per heavy atom. The zero-order valence-corrected chi connectivity index (χ0v) is 23.5. The summed E-state index contributed by atoms with van der Waals surface area (Å²) < 4.78 is 31.8. The number of pyridine rings is 1. The van der Waals surface area contributed by atoms with E-state index in [1.807, 2.05) is 30.9 Å². The lowest BCUT2D eigenvalue weighted by atomic mass is 9.75. The maximum absolute atomic E-state index is 15.1. The van der Waals surface area contributed by atoms with Crippen LogP contribution in [0.2, 0.25) is 5.15 Å². The standard InChI is InChI=1S/C29H27BClFN4O5/c1-15-10-20(28-21(11-15)27(37)16(2)29(40-28)36-6-8-39-9-7-36)17(3)34-23-4-5-24(31)35-26(23)18-12-19-14-33-41-30(38)25(19)22(32)13-18/h4-5,10-14,17,34,38H,6-9H2,1-3H3. The molecule has 0 bridgehead atoms. The normalized spacial score (nSPS) is 15.6. The van der Waals surface area contributed by atoms with E-state index < -0.39 is 12.9 Å². The lowest BCUT2D eigenvalue weighted by molar-refractivity contribution is 0.120. The Bertz CT molecular complexity index is 1760. The molecule has 2 N–H and O–H groups in total. The first kappa shape index (κ1) is 27.3. The number of morpholine rings is 1. The van der Waals surface area contributed by atoms with Gasteiger partial charge in [0.25, 0.3) is 0 Å². The van der Waals surface area contributed by atoms with E-state index in [9.17, 15) is 9.82 Å². The molecule has 4 heterocycles. The highest BCUT2D eigenvalue weighted by atomic mass is 35.5. The summed E-state index contributed by atoms with van der Waals surface area (Å²) in [6.45, 7) is 8.07. The first-order chi connectivity index (χ1) is 19.7. The molecule has 0 spiro atoms. The Hall–Kier alpha value is -3.93. The molecule has 9 nitrogen and oxygen atoms in total. The molecule has 1 saturated heterocycles. The van der Waals surface area contributed by atoms with Crippen molar-refractivity contribution in [1.29, 1.82) is 0 Å². The van der Waals surface area contributed by atoms with Gasteiger partial charge in [0.1, 0.15) is 16.6 Å². The molecule has 2 aromatic carbocycles. The number of oxime groups is 1. The van der Waals surface area contributed by atoms with E-state index in [2.05, 4.69) is 15.5 Å². The number of aromatic nitrogens is 1. The summed E-state index contributed by atoms with van der Waals surface area (Å²) in [4.78, 5) is 20.0. The largest absolute Gasteiger partial charge is 0.586 e. The van der Waals surface area contributed by atoms with Crippen LogP contribution in [0.15, 0.2) is 50.8 Å². The van der Waals surface area contributed by atoms with Gasteiger partial charge in [0.15, 0.2) is 5.43 Å². The fourth-order valence-corrected chi connectivity index (χ4v) is 5.52. The summed E-state index contributed by atoms with van der Waals surface area (Å²) in [6.07, 6.45) is 1.34. The second-order valence-corrected chi connectivity index (χ2v) is 10.6. The number of ether oxygens (including phenoxy) is 1. The van der Waals surface area contributed by atoms with Crippen LogP contribution in [0.25, 0.3) is 22.2 Å². The molecule has 2 aromatic heterocycles. The lowest BCUT2D eigenvalue weighted by Gasteiger charge is -2.29. The Balaban J connectivity index is 1.43. The molecule has 12 heteroatoms. The number of fused-ring (bicyclic) bond motifs is 2. The predicted molar refractivity (Wildman–Crippen MR) is 158 cm³/mol. The van der Waals surface area contributed by atoms with Crippen molar-refractivity contribution >= 4 is 52.9 Å². The highest BCUT2D eigenvalue weighted by Gasteiger charge is 2.30. The van der Waals surface area contributed by atoms with Gasteiger partial charge in [-0.15, -0.1) is 5.16 Å². The third-order valence-electron chi connectivity index (χ3n) is 7.40. The summed E-state index contributed by atoms with van der Waals surface area (Å²) in [5.74, 6) is -0.108. The van der Waals surface area contributed by atoms with Crippen molar-refractivity contribution < 1.29 is 23.3 Å². The van der Waals surface area contributed by atoms with Crippen LogP contribution < -0.4 is 21.1 Å².